The number of nitro groups is 1. The first-order valence-corrected chi connectivity index (χ1v) is 7.46. The minimum absolute atomic E-state index is 0.00152. The van der Waals surface area contributed by atoms with Crippen molar-refractivity contribution >= 4 is 5.69 Å². The monoisotopic (exact) mass is 309 g/mol. The Kier molecular flexibility index (Phi) is 5.97. The molecule has 7 heteroatoms. The minimum atomic E-state index is -0.445. The fourth-order valence-electron chi connectivity index (χ4n) is 2.43. The highest BCUT2D eigenvalue weighted by atomic mass is 16.6. The first-order valence-electron chi connectivity index (χ1n) is 7.46. The van der Waals surface area contributed by atoms with Crippen molar-refractivity contribution in [1.82, 2.24) is 9.80 Å². The number of rotatable bonds is 7. The van der Waals surface area contributed by atoms with Crippen molar-refractivity contribution < 1.29 is 14.4 Å². The van der Waals surface area contributed by atoms with E-state index in [1.54, 1.807) is 6.07 Å². The number of nitro benzene ring substituents is 1. The van der Waals surface area contributed by atoms with E-state index in [2.05, 4.69) is 16.8 Å². The summed E-state index contributed by atoms with van der Waals surface area (Å²) in [6, 6.07) is 4.40. The van der Waals surface area contributed by atoms with Gasteiger partial charge in [0.05, 0.1) is 24.7 Å². The molecule has 1 aliphatic rings. The number of hydrogen-bond acceptors (Lipinski definition) is 6. The van der Waals surface area contributed by atoms with Crippen LogP contribution in [0.3, 0.4) is 0 Å². The van der Waals surface area contributed by atoms with E-state index in [0.29, 0.717) is 18.1 Å². The number of ether oxygens (including phenoxy) is 2. The molecule has 0 unspecified atom stereocenters. The zero-order chi connectivity index (χ0) is 15.9. The van der Waals surface area contributed by atoms with Gasteiger partial charge in [0.25, 0.3) is 5.69 Å². The van der Waals surface area contributed by atoms with E-state index < -0.39 is 4.92 Å². The van der Waals surface area contributed by atoms with E-state index in [9.17, 15) is 10.1 Å². The number of likely N-dealkylation sites (N-methyl/N-ethyl adjacent to an activating group) is 1. The highest BCUT2D eigenvalue weighted by Crippen LogP contribution is 2.31. The SMILES string of the molecule is COc1cc([N+](=O)[O-])ccc1OCCCN1CCN(C)CC1. The molecule has 0 atom stereocenters. The zero-order valence-electron chi connectivity index (χ0n) is 13.2. The lowest BCUT2D eigenvalue weighted by atomic mass is 10.3. The average molecular weight is 309 g/mol. The molecule has 1 aromatic carbocycles. The van der Waals surface area contributed by atoms with Gasteiger partial charge in [0, 0.05) is 38.8 Å². The standard InChI is InChI=1S/C15H23N3O4/c1-16-7-9-17(10-8-16)6-3-11-22-14-5-4-13(18(19)20)12-15(14)21-2/h4-5,12H,3,6-11H2,1-2H3. The van der Waals surface area contributed by atoms with E-state index in [1.165, 1.54) is 19.2 Å². The fourth-order valence-corrected chi connectivity index (χ4v) is 2.43. The van der Waals surface area contributed by atoms with Crippen LogP contribution in [0.1, 0.15) is 6.42 Å². The molecule has 22 heavy (non-hydrogen) atoms. The van der Waals surface area contributed by atoms with Crippen LogP contribution >= 0.6 is 0 Å². The maximum Gasteiger partial charge on any atom is 0.273 e. The van der Waals surface area contributed by atoms with Gasteiger partial charge < -0.3 is 19.3 Å². The maximum atomic E-state index is 10.7. The van der Waals surface area contributed by atoms with Crippen LogP contribution in [-0.4, -0.2) is 68.2 Å². The number of piperazine rings is 1. The molecular formula is C15H23N3O4. The quantitative estimate of drug-likeness (QED) is 0.433. The third kappa shape index (κ3) is 4.57. The van der Waals surface area contributed by atoms with E-state index in [-0.39, 0.29) is 5.69 Å². The van der Waals surface area contributed by atoms with Crippen molar-refractivity contribution in [2.24, 2.45) is 0 Å². The van der Waals surface area contributed by atoms with Crippen molar-refractivity contribution in [2.75, 3.05) is 53.5 Å². The number of methoxy groups -OCH3 is 1. The zero-order valence-corrected chi connectivity index (χ0v) is 13.2. The molecule has 0 aliphatic carbocycles. The highest BCUT2D eigenvalue weighted by molar-refractivity contribution is 5.48. The molecule has 1 heterocycles. The Morgan fingerprint density at radius 2 is 1.95 bits per heavy atom. The molecule has 0 saturated carbocycles. The Labute approximate surface area is 130 Å². The van der Waals surface area contributed by atoms with Gasteiger partial charge in [-0.1, -0.05) is 0 Å². The Morgan fingerprint density at radius 3 is 2.59 bits per heavy atom. The molecule has 1 aromatic rings. The third-order valence-electron chi connectivity index (χ3n) is 3.83. The second-order valence-corrected chi connectivity index (χ2v) is 5.44. The summed E-state index contributed by atoms with van der Waals surface area (Å²) in [6.07, 6.45) is 0.920. The van der Waals surface area contributed by atoms with Crippen molar-refractivity contribution in [2.45, 2.75) is 6.42 Å². The Balaban J connectivity index is 1.78. The van der Waals surface area contributed by atoms with Gasteiger partial charge in [-0.3, -0.25) is 10.1 Å². The minimum Gasteiger partial charge on any atom is -0.493 e. The van der Waals surface area contributed by atoms with Crippen LogP contribution in [0.4, 0.5) is 5.69 Å². The third-order valence-corrected chi connectivity index (χ3v) is 3.83. The van der Waals surface area contributed by atoms with Gasteiger partial charge in [-0.15, -0.1) is 0 Å². The van der Waals surface area contributed by atoms with Gasteiger partial charge in [-0.05, 0) is 19.5 Å². The molecule has 0 spiro atoms. The summed E-state index contributed by atoms with van der Waals surface area (Å²) in [5.41, 5.74) is 0.00152. The van der Waals surface area contributed by atoms with Gasteiger partial charge in [-0.2, -0.15) is 0 Å². The van der Waals surface area contributed by atoms with Crippen LogP contribution in [0.2, 0.25) is 0 Å². The highest BCUT2D eigenvalue weighted by Gasteiger charge is 2.14. The average Bonchev–Trinajstić information content (AvgIpc) is 2.53. The van der Waals surface area contributed by atoms with E-state index in [1.807, 2.05) is 0 Å². The molecule has 7 nitrogen and oxygen atoms in total. The molecule has 2 rings (SSSR count). The molecule has 0 aromatic heterocycles. The molecule has 0 amide bonds. The van der Waals surface area contributed by atoms with E-state index >= 15 is 0 Å². The van der Waals surface area contributed by atoms with Gasteiger partial charge >= 0.3 is 0 Å². The number of hydrogen-bond donors (Lipinski definition) is 0. The van der Waals surface area contributed by atoms with Crippen LogP contribution in [0, 0.1) is 10.1 Å². The van der Waals surface area contributed by atoms with Gasteiger partial charge in [-0.25, -0.2) is 0 Å². The first-order chi connectivity index (χ1) is 10.6. The lowest BCUT2D eigenvalue weighted by Crippen LogP contribution is -2.44. The Bertz CT molecular complexity index is 502. The molecular weight excluding hydrogens is 286 g/mol. The second-order valence-electron chi connectivity index (χ2n) is 5.44. The summed E-state index contributed by atoms with van der Waals surface area (Å²) in [5, 5.41) is 10.7. The lowest BCUT2D eigenvalue weighted by molar-refractivity contribution is -0.384. The van der Waals surface area contributed by atoms with E-state index in [4.69, 9.17) is 9.47 Å². The van der Waals surface area contributed by atoms with Crippen LogP contribution in [-0.2, 0) is 0 Å². The number of benzene rings is 1. The van der Waals surface area contributed by atoms with Crippen LogP contribution in [0.5, 0.6) is 11.5 Å². The van der Waals surface area contributed by atoms with Crippen molar-refractivity contribution in [3.8, 4) is 11.5 Å². The molecule has 1 aliphatic heterocycles. The fraction of sp³-hybridized carbons (Fsp3) is 0.600. The van der Waals surface area contributed by atoms with Gasteiger partial charge in [0.15, 0.2) is 11.5 Å². The summed E-state index contributed by atoms with van der Waals surface area (Å²) in [6.45, 7) is 5.98. The predicted molar refractivity (Wildman–Crippen MR) is 83.7 cm³/mol. The molecule has 0 radical (unpaired) electrons. The second kappa shape index (κ2) is 7.95. The molecule has 122 valence electrons. The molecule has 0 N–H and O–H groups in total. The van der Waals surface area contributed by atoms with Crippen molar-refractivity contribution in [1.29, 1.82) is 0 Å². The van der Waals surface area contributed by atoms with Crippen LogP contribution in [0.25, 0.3) is 0 Å². The molecule has 0 bridgehead atoms. The summed E-state index contributed by atoms with van der Waals surface area (Å²) in [5.74, 6) is 0.945. The predicted octanol–water partition coefficient (Wildman–Crippen LogP) is 1.62. The van der Waals surface area contributed by atoms with E-state index in [0.717, 1.165) is 39.1 Å². The Hall–Kier alpha value is -1.86. The van der Waals surface area contributed by atoms with Crippen molar-refractivity contribution in [3.63, 3.8) is 0 Å². The topological polar surface area (TPSA) is 68.1 Å². The number of non-ortho nitro benzene ring substituents is 1. The Morgan fingerprint density at radius 1 is 1.23 bits per heavy atom. The van der Waals surface area contributed by atoms with Crippen molar-refractivity contribution in [3.05, 3.63) is 28.3 Å². The first kappa shape index (κ1) is 16.5. The largest absolute Gasteiger partial charge is 0.493 e. The summed E-state index contributed by atoms with van der Waals surface area (Å²) in [7, 11) is 3.62. The lowest BCUT2D eigenvalue weighted by Gasteiger charge is -2.32. The summed E-state index contributed by atoms with van der Waals surface area (Å²) in [4.78, 5) is 15.0. The van der Waals surface area contributed by atoms with Gasteiger partial charge in [0.1, 0.15) is 0 Å². The summed E-state index contributed by atoms with van der Waals surface area (Å²) < 4.78 is 10.8. The smallest absolute Gasteiger partial charge is 0.273 e. The van der Waals surface area contributed by atoms with Crippen LogP contribution < -0.4 is 9.47 Å². The molecule has 1 fully saturated rings. The number of nitrogens with zero attached hydrogens (tertiary/aromatic N) is 3. The van der Waals surface area contributed by atoms with Crippen LogP contribution in [0.15, 0.2) is 18.2 Å². The normalized spacial score (nSPS) is 16.5. The molecule has 1 saturated heterocycles. The maximum absolute atomic E-state index is 10.7. The van der Waals surface area contributed by atoms with Gasteiger partial charge in [0.2, 0.25) is 0 Å². The summed E-state index contributed by atoms with van der Waals surface area (Å²) >= 11 is 0.